The molecule has 0 aromatic rings. The van der Waals surface area contributed by atoms with Crippen LogP contribution in [0.15, 0.2) is 24.3 Å². The maximum atomic E-state index is 12.7. The number of unbranched alkanes of at least 4 members (excludes halogenated alkanes) is 31. The highest BCUT2D eigenvalue weighted by molar-refractivity contribution is 5.71. The van der Waals surface area contributed by atoms with E-state index in [4.69, 9.17) is 14.2 Å². The van der Waals surface area contributed by atoms with Crippen molar-refractivity contribution >= 4 is 17.9 Å². The van der Waals surface area contributed by atoms with Gasteiger partial charge in [0.1, 0.15) is 13.2 Å². The van der Waals surface area contributed by atoms with Crippen LogP contribution in [0.25, 0.3) is 0 Å². The highest BCUT2D eigenvalue weighted by Crippen LogP contribution is 2.15. The van der Waals surface area contributed by atoms with Gasteiger partial charge in [-0.15, -0.1) is 0 Å². The fourth-order valence-electron chi connectivity index (χ4n) is 7.31. The minimum absolute atomic E-state index is 0.0737. The lowest BCUT2D eigenvalue weighted by Crippen LogP contribution is -2.30. The first-order valence-electron chi connectivity index (χ1n) is 25.3. The van der Waals surface area contributed by atoms with Gasteiger partial charge in [0.2, 0.25) is 0 Å². The molecular formula is C52H96O6. The third-order valence-electron chi connectivity index (χ3n) is 11.2. The molecule has 0 aliphatic rings. The molecule has 1 unspecified atom stereocenters. The van der Waals surface area contributed by atoms with Crippen molar-refractivity contribution < 1.29 is 28.6 Å². The van der Waals surface area contributed by atoms with Crippen molar-refractivity contribution in [1.29, 1.82) is 0 Å². The second-order valence-electron chi connectivity index (χ2n) is 17.1. The van der Waals surface area contributed by atoms with Crippen LogP contribution < -0.4 is 0 Å². The van der Waals surface area contributed by atoms with Gasteiger partial charge in [-0.3, -0.25) is 14.4 Å². The molecule has 0 aliphatic carbocycles. The molecule has 0 fully saturated rings. The van der Waals surface area contributed by atoms with Gasteiger partial charge in [0.15, 0.2) is 6.10 Å². The number of rotatable bonds is 46. The Balaban J connectivity index is 4.26. The molecule has 6 nitrogen and oxygen atoms in total. The Morgan fingerprint density at radius 1 is 0.328 bits per heavy atom. The van der Waals surface area contributed by atoms with E-state index in [-0.39, 0.29) is 31.1 Å². The Hall–Kier alpha value is -2.11. The lowest BCUT2D eigenvalue weighted by Gasteiger charge is -2.18. The zero-order valence-corrected chi connectivity index (χ0v) is 38.8. The quantitative estimate of drug-likeness (QED) is 0.0263. The highest BCUT2D eigenvalue weighted by atomic mass is 16.6. The molecule has 0 bridgehead atoms. The topological polar surface area (TPSA) is 78.9 Å². The molecule has 0 N–H and O–H groups in total. The molecule has 340 valence electrons. The number of hydrogen-bond acceptors (Lipinski definition) is 6. The van der Waals surface area contributed by atoms with E-state index in [1.165, 1.54) is 167 Å². The molecule has 0 saturated heterocycles. The van der Waals surface area contributed by atoms with E-state index in [1.807, 2.05) is 0 Å². The fourth-order valence-corrected chi connectivity index (χ4v) is 7.31. The van der Waals surface area contributed by atoms with Crippen LogP contribution in [-0.2, 0) is 28.6 Å². The molecule has 0 radical (unpaired) electrons. The Bertz CT molecular complexity index is 942. The van der Waals surface area contributed by atoms with Crippen LogP contribution in [-0.4, -0.2) is 37.2 Å². The van der Waals surface area contributed by atoms with Crippen molar-refractivity contribution in [2.24, 2.45) is 0 Å². The summed E-state index contributed by atoms with van der Waals surface area (Å²) in [6, 6.07) is 0. The molecule has 0 rings (SSSR count). The number of allylic oxidation sites excluding steroid dienone is 4. The van der Waals surface area contributed by atoms with Crippen LogP contribution in [0, 0.1) is 0 Å². The van der Waals surface area contributed by atoms with Gasteiger partial charge >= 0.3 is 17.9 Å². The molecule has 0 aliphatic heterocycles. The second kappa shape index (κ2) is 47.6. The van der Waals surface area contributed by atoms with Crippen LogP contribution in [0.2, 0.25) is 0 Å². The Morgan fingerprint density at radius 2 is 0.569 bits per heavy atom. The van der Waals surface area contributed by atoms with Crippen LogP contribution in [0.5, 0.6) is 0 Å². The first kappa shape index (κ1) is 55.9. The highest BCUT2D eigenvalue weighted by Gasteiger charge is 2.19. The summed E-state index contributed by atoms with van der Waals surface area (Å²) < 4.78 is 16.7. The molecular weight excluding hydrogens is 721 g/mol. The van der Waals surface area contributed by atoms with Crippen molar-refractivity contribution in [1.82, 2.24) is 0 Å². The normalized spacial score (nSPS) is 12.1. The summed E-state index contributed by atoms with van der Waals surface area (Å²) in [5, 5.41) is 0. The lowest BCUT2D eigenvalue weighted by molar-refractivity contribution is -0.167. The minimum Gasteiger partial charge on any atom is -0.462 e. The molecule has 1 atom stereocenters. The van der Waals surface area contributed by atoms with E-state index in [1.54, 1.807) is 0 Å². The predicted octanol–water partition coefficient (Wildman–Crippen LogP) is 16.4. The van der Waals surface area contributed by atoms with Gasteiger partial charge in [0.25, 0.3) is 0 Å². The summed E-state index contributed by atoms with van der Waals surface area (Å²) in [7, 11) is 0. The molecule has 0 spiro atoms. The zero-order valence-electron chi connectivity index (χ0n) is 38.8. The average Bonchev–Trinajstić information content (AvgIpc) is 3.22. The van der Waals surface area contributed by atoms with E-state index >= 15 is 0 Å². The van der Waals surface area contributed by atoms with E-state index in [0.29, 0.717) is 19.3 Å². The van der Waals surface area contributed by atoms with Gasteiger partial charge in [0.05, 0.1) is 0 Å². The first-order valence-corrected chi connectivity index (χ1v) is 25.3. The summed E-state index contributed by atoms with van der Waals surface area (Å²) in [5.74, 6) is -0.883. The number of carbonyl (C=O) groups is 3. The number of carbonyl (C=O) groups excluding carboxylic acids is 3. The molecule has 58 heavy (non-hydrogen) atoms. The Morgan fingerprint density at radius 3 is 0.862 bits per heavy atom. The maximum absolute atomic E-state index is 12.7. The summed E-state index contributed by atoms with van der Waals surface area (Å²) in [4.78, 5) is 37.7. The van der Waals surface area contributed by atoms with Crippen molar-refractivity contribution in [3.05, 3.63) is 24.3 Å². The van der Waals surface area contributed by atoms with Gasteiger partial charge < -0.3 is 14.2 Å². The minimum atomic E-state index is -0.771. The molecule has 0 heterocycles. The van der Waals surface area contributed by atoms with Crippen molar-refractivity contribution in [3.63, 3.8) is 0 Å². The summed E-state index contributed by atoms with van der Waals surface area (Å²) in [6.07, 6.45) is 53.2. The van der Waals surface area contributed by atoms with Gasteiger partial charge in [-0.1, -0.05) is 206 Å². The van der Waals surface area contributed by atoms with Gasteiger partial charge in [0, 0.05) is 19.3 Å². The molecule has 0 aromatic heterocycles. The Kier molecular flexibility index (Phi) is 45.8. The molecule has 0 amide bonds. The van der Waals surface area contributed by atoms with E-state index in [2.05, 4.69) is 45.1 Å². The molecule has 6 heteroatoms. The van der Waals surface area contributed by atoms with E-state index in [9.17, 15) is 14.4 Å². The number of ether oxygens (including phenoxy) is 3. The Labute approximate surface area is 360 Å². The third-order valence-corrected chi connectivity index (χ3v) is 11.2. The van der Waals surface area contributed by atoms with Crippen LogP contribution in [0.1, 0.15) is 271 Å². The number of esters is 3. The number of hydrogen-bond donors (Lipinski definition) is 0. The van der Waals surface area contributed by atoms with Gasteiger partial charge in [-0.25, -0.2) is 0 Å². The monoisotopic (exact) mass is 817 g/mol. The zero-order chi connectivity index (χ0) is 42.3. The summed E-state index contributed by atoms with van der Waals surface area (Å²) in [5.41, 5.74) is 0. The lowest BCUT2D eigenvalue weighted by atomic mass is 10.1. The largest absolute Gasteiger partial charge is 0.462 e. The van der Waals surface area contributed by atoms with Crippen LogP contribution >= 0.6 is 0 Å². The smallest absolute Gasteiger partial charge is 0.306 e. The standard InChI is InChI=1S/C52H96O6/c1-4-7-10-13-16-18-20-22-24-26-28-29-31-33-36-39-42-45-51(54)57-48-49(47-56-50(53)44-41-38-35-15-12-9-6-3)58-52(55)46-43-40-37-34-32-30-27-25-23-21-19-17-14-11-8-5-2/h22,24-25,27,49H,4-21,23,26,28-48H2,1-3H3/b24-22-,27-25-. The van der Waals surface area contributed by atoms with Crippen LogP contribution in [0.4, 0.5) is 0 Å². The van der Waals surface area contributed by atoms with Crippen LogP contribution in [0.3, 0.4) is 0 Å². The second-order valence-corrected chi connectivity index (χ2v) is 17.1. The predicted molar refractivity (Wildman–Crippen MR) is 247 cm³/mol. The third kappa shape index (κ3) is 45.0. The summed E-state index contributed by atoms with van der Waals surface area (Å²) in [6.45, 7) is 6.60. The fraction of sp³-hybridized carbons (Fsp3) is 0.865. The average molecular weight is 817 g/mol. The SMILES string of the molecule is CCCCCCCC/C=C\CCCCCCCCCC(=O)OCC(COC(=O)CCCCCCCCC)OC(=O)CCCCCCC/C=C\CCCCCCCCC. The van der Waals surface area contributed by atoms with Crippen molar-refractivity contribution in [3.8, 4) is 0 Å². The molecule has 0 saturated carbocycles. The molecule has 0 aromatic carbocycles. The van der Waals surface area contributed by atoms with Crippen molar-refractivity contribution in [2.75, 3.05) is 13.2 Å². The van der Waals surface area contributed by atoms with E-state index < -0.39 is 6.10 Å². The first-order chi connectivity index (χ1) is 28.5. The van der Waals surface area contributed by atoms with E-state index in [0.717, 1.165) is 64.2 Å². The van der Waals surface area contributed by atoms with Gasteiger partial charge in [-0.2, -0.15) is 0 Å². The van der Waals surface area contributed by atoms with Crippen molar-refractivity contribution in [2.45, 2.75) is 277 Å². The van der Waals surface area contributed by atoms with Gasteiger partial charge in [-0.05, 0) is 70.6 Å². The maximum Gasteiger partial charge on any atom is 0.306 e. The summed E-state index contributed by atoms with van der Waals surface area (Å²) >= 11 is 0.